The Morgan fingerprint density at radius 1 is 0.630 bits per heavy atom. The van der Waals surface area contributed by atoms with Crippen molar-refractivity contribution in [2.24, 2.45) is 5.92 Å². The van der Waals surface area contributed by atoms with Gasteiger partial charge in [0.1, 0.15) is 12.7 Å². The summed E-state index contributed by atoms with van der Waals surface area (Å²) in [5.74, 6) is -0.417. The van der Waals surface area contributed by atoms with Gasteiger partial charge in [-0.2, -0.15) is 0 Å². The Balaban J connectivity index is 4.65. The Hall–Kier alpha value is -1.22. The zero-order valence-corrected chi connectivity index (χ0v) is 34.8. The van der Waals surface area contributed by atoms with Crippen LogP contribution in [0.5, 0.6) is 0 Å². The highest BCUT2D eigenvalue weighted by Crippen LogP contribution is 2.43. The van der Waals surface area contributed by atoms with Crippen LogP contribution in [0.25, 0.3) is 0 Å². The van der Waals surface area contributed by atoms with Gasteiger partial charge >= 0.3 is 27.6 Å². The maximum Gasteiger partial charge on any atom is 0.472 e. The number of hydrogen-bond acceptors (Lipinski definition) is 12. The largest absolute Gasteiger partial charge is 0.472 e. The van der Waals surface area contributed by atoms with E-state index in [-0.39, 0.29) is 12.8 Å². The Labute approximate surface area is 323 Å². The molecule has 0 radical (unpaired) electrons. The maximum absolute atomic E-state index is 12.6. The molecule has 54 heavy (non-hydrogen) atoms. The minimum absolute atomic E-state index is 0.0982. The van der Waals surface area contributed by atoms with E-state index in [2.05, 4.69) is 35.9 Å². The van der Waals surface area contributed by atoms with Crippen molar-refractivity contribution < 1.29 is 71.8 Å². The molecule has 0 aliphatic carbocycles. The van der Waals surface area contributed by atoms with Crippen molar-refractivity contribution in [3.8, 4) is 0 Å². The summed E-state index contributed by atoms with van der Waals surface area (Å²) in [7, 11) is -9.71. The van der Waals surface area contributed by atoms with E-state index >= 15 is 0 Å². The number of hydrogen-bond donors (Lipinski definition) is 6. The summed E-state index contributed by atoms with van der Waals surface area (Å²) < 4.78 is 47.5. The van der Waals surface area contributed by atoms with Gasteiger partial charge in [0.15, 0.2) is 6.10 Å². The first-order valence-electron chi connectivity index (χ1n) is 19.9. The molecular weight excluding hydrogens is 746 g/mol. The van der Waals surface area contributed by atoms with E-state index in [1.54, 1.807) is 0 Å². The molecule has 0 amide bonds. The van der Waals surface area contributed by atoms with Crippen LogP contribution >= 0.6 is 15.6 Å². The smallest absolute Gasteiger partial charge is 0.462 e. The summed E-state index contributed by atoms with van der Waals surface area (Å²) in [6, 6.07) is 0. The molecule has 0 saturated heterocycles. The predicted molar refractivity (Wildman–Crippen MR) is 205 cm³/mol. The van der Waals surface area contributed by atoms with Crippen molar-refractivity contribution in [1.29, 1.82) is 0 Å². The van der Waals surface area contributed by atoms with Crippen LogP contribution in [0.2, 0.25) is 0 Å². The lowest BCUT2D eigenvalue weighted by Crippen LogP contribution is -2.30. The van der Waals surface area contributed by atoms with E-state index < -0.39 is 78.4 Å². The molecule has 0 spiro atoms. The number of aliphatic hydroxyl groups excluding tert-OH is 3. The molecule has 0 bridgehead atoms. The minimum atomic E-state index is -4.87. The Bertz CT molecular complexity index is 1070. The van der Waals surface area contributed by atoms with Crippen LogP contribution in [0, 0.1) is 5.92 Å². The SMILES string of the molecule is CCCCC/C=C\C[C@@H](O)[C@H](O)CCCCCCCC(=O)OC[C@H](COP(=O)(O)OC[C@@H](O)COP(=O)(O)O)OC(=O)CCCCCCCCC(C)CC. The molecule has 320 valence electrons. The summed E-state index contributed by atoms with van der Waals surface area (Å²) in [5, 5.41) is 30.1. The fourth-order valence-corrected chi connectivity index (χ4v) is 6.44. The van der Waals surface area contributed by atoms with Gasteiger partial charge in [-0.3, -0.25) is 23.2 Å². The van der Waals surface area contributed by atoms with Crippen LogP contribution in [0.15, 0.2) is 12.2 Å². The maximum atomic E-state index is 12.6. The summed E-state index contributed by atoms with van der Waals surface area (Å²) >= 11 is 0. The zero-order chi connectivity index (χ0) is 40.7. The molecule has 0 aliphatic heterocycles. The summed E-state index contributed by atoms with van der Waals surface area (Å²) in [6.07, 6.45) is 16.9. The topological polar surface area (TPSA) is 236 Å². The summed E-state index contributed by atoms with van der Waals surface area (Å²) in [4.78, 5) is 52.5. The van der Waals surface area contributed by atoms with E-state index in [0.717, 1.165) is 76.5 Å². The van der Waals surface area contributed by atoms with Crippen LogP contribution in [0.3, 0.4) is 0 Å². The lowest BCUT2D eigenvalue weighted by molar-refractivity contribution is -0.161. The molecule has 17 heteroatoms. The first-order valence-corrected chi connectivity index (χ1v) is 23.0. The van der Waals surface area contributed by atoms with Gasteiger partial charge in [-0.25, -0.2) is 9.13 Å². The molecular formula is C37H72O15P2. The standard InChI is InChI=1S/C37H72O15P2/c1-4-6-7-8-13-18-23-34(39)35(40)24-19-14-11-16-20-25-36(41)48-29-33(30-51-54(46,47)50-28-32(38)27-49-53(43,44)45)52-37(42)26-21-15-10-9-12-17-22-31(3)5-2/h13,18,31-35,38-40H,4-12,14-17,19-30H2,1-3H3,(H,46,47)(H2,43,44,45)/b18-13-/t31?,32-,33+,34+,35+/m0/s1. The van der Waals surface area contributed by atoms with Gasteiger partial charge in [0.2, 0.25) is 0 Å². The van der Waals surface area contributed by atoms with E-state index in [4.69, 9.17) is 23.8 Å². The van der Waals surface area contributed by atoms with Crippen molar-refractivity contribution >= 4 is 27.6 Å². The number of phosphoric acid groups is 2. The van der Waals surface area contributed by atoms with Crippen LogP contribution in [0.4, 0.5) is 0 Å². The van der Waals surface area contributed by atoms with E-state index in [9.17, 15) is 38.9 Å². The van der Waals surface area contributed by atoms with Gasteiger partial charge in [0, 0.05) is 12.8 Å². The van der Waals surface area contributed by atoms with Gasteiger partial charge in [0.25, 0.3) is 0 Å². The molecule has 0 aliphatic rings. The number of esters is 2. The Morgan fingerprint density at radius 3 is 1.80 bits per heavy atom. The van der Waals surface area contributed by atoms with Crippen LogP contribution < -0.4 is 0 Å². The quantitative estimate of drug-likeness (QED) is 0.0157. The molecule has 0 aromatic heterocycles. The number of phosphoric ester groups is 2. The van der Waals surface area contributed by atoms with Gasteiger partial charge in [0.05, 0.1) is 32.0 Å². The molecule has 6 atom stereocenters. The van der Waals surface area contributed by atoms with Gasteiger partial charge < -0.3 is 39.5 Å². The van der Waals surface area contributed by atoms with Gasteiger partial charge in [-0.15, -0.1) is 0 Å². The molecule has 0 aromatic rings. The lowest BCUT2D eigenvalue weighted by atomic mass is 10.00. The third-order valence-corrected chi connectivity index (χ3v) is 10.3. The van der Waals surface area contributed by atoms with Crippen LogP contribution in [0.1, 0.15) is 156 Å². The van der Waals surface area contributed by atoms with E-state index in [1.807, 2.05) is 6.08 Å². The third-order valence-electron chi connectivity index (χ3n) is 8.89. The second-order valence-electron chi connectivity index (χ2n) is 14.1. The lowest BCUT2D eigenvalue weighted by Gasteiger charge is -2.20. The van der Waals surface area contributed by atoms with Crippen molar-refractivity contribution in [3.63, 3.8) is 0 Å². The minimum Gasteiger partial charge on any atom is -0.462 e. The van der Waals surface area contributed by atoms with Crippen LogP contribution in [-0.2, 0) is 41.8 Å². The first-order chi connectivity index (χ1) is 25.6. The number of allylic oxidation sites excluding steroid dienone is 1. The number of aliphatic hydroxyl groups is 3. The fraction of sp³-hybridized carbons (Fsp3) is 0.892. The highest BCUT2D eigenvalue weighted by molar-refractivity contribution is 7.47. The van der Waals surface area contributed by atoms with Crippen molar-refractivity contribution in [2.75, 3.05) is 26.4 Å². The molecule has 15 nitrogen and oxygen atoms in total. The summed E-state index contributed by atoms with van der Waals surface area (Å²) in [6.45, 7) is 3.75. The molecule has 0 saturated carbocycles. The zero-order valence-electron chi connectivity index (χ0n) is 33.0. The third kappa shape index (κ3) is 34.1. The van der Waals surface area contributed by atoms with E-state index in [0.29, 0.717) is 25.7 Å². The molecule has 0 heterocycles. The average molecular weight is 819 g/mol. The Kier molecular flexibility index (Phi) is 32.1. The predicted octanol–water partition coefficient (Wildman–Crippen LogP) is 7.19. The number of rotatable bonds is 37. The highest BCUT2D eigenvalue weighted by Gasteiger charge is 2.28. The number of carbonyl (C=O) groups is 2. The molecule has 6 N–H and O–H groups in total. The van der Waals surface area contributed by atoms with Gasteiger partial charge in [-0.05, 0) is 44.4 Å². The second kappa shape index (κ2) is 32.8. The number of carbonyl (C=O) groups excluding carboxylic acids is 2. The van der Waals surface area contributed by atoms with Crippen molar-refractivity contribution in [1.82, 2.24) is 0 Å². The fourth-order valence-electron chi connectivity index (χ4n) is 5.29. The highest BCUT2D eigenvalue weighted by atomic mass is 31.2. The average Bonchev–Trinajstić information content (AvgIpc) is 3.12. The first kappa shape index (κ1) is 52.8. The van der Waals surface area contributed by atoms with Crippen molar-refractivity contribution in [2.45, 2.75) is 180 Å². The monoisotopic (exact) mass is 818 g/mol. The van der Waals surface area contributed by atoms with Crippen LogP contribution in [-0.4, -0.2) is 92.8 Å². The number of unbranched alkanes of at least 4 members (excludes halogenated alkanes) is 12. The second-order valence-corrected chi connectivity index (χ2v) is 16.8. The normalized spacial score (nSPS) is 16.1. The molecule has 0 rings (SSSR count). The van der Waals surface area contributed by atoms with Gasteiger partial charge in [-0.1, -0.05) is 116 Å². The van der Waals surface area contributed by atoms with E-state index in [1.165, 1.54) is 25.7 Å². The molecule has 0 fully saturated rings. The molecule has 2 unspecified atom stereocenters. The number of ether oxygens (including phenoxy) is 2. The van der Waals surface area contributed by atoms with Crippen molar-refractivity contribution in [3.05, 3.63) is 12.2 Å². The summed E-state index contributed by atoms with van der Waals surface area (Å²) in [5.41, 5.74) is 0. The Morgan fingerprint density at radius 2 is 1.19 bits per heavy atom. The molecule has 0 aromatic carbocycles.